The number of benzene rings is 1. The van der Waals surface area contributed by atoms with Crippen LogP contribution in [0.5, 0.6) is 17.5 Å². The number of aromatic hydroxyl groups is 1. The zero-order valence-corrected chi connectivity index (χ0v) is 11.4. The Bertz CT molecular complexity index is 791. The number of hydrogen-bond acceptors (Lipinski definition) is 5. The van der Waals surface area contributed by atoms with Crippen molar-refractivity contribution < 1.29 is 18.1 Å². The molecule has 1 aromatic carbocycles. The van der Waals surface area contributed by atoms with Gasteiger partial charge >= 0.3 is 6.01 Å². The van der Waals surface area contributed by atoms with Crippen LogP contribution in [0.4, 0.5) is 5.69 Å². The normalized spacial score (nSPS) is 16.6. The molecule has 0 saturated carbocycles. The van der Waals surface area contributed by atoms with E-state index in [0.29, 0.717) is 0 Å². The minimum absolute atomic E-state index is 0.0383. The number of nitrogens with two attached hydrogens (primary N) is 1. The van der Waals surface area contributed by atoms with Crippen LogP contribution in [-0.4, -0.2) is 15.1 Å². The van der Waals surface area contributed by atoms with E-state index in [-0.39, 0.29) is 21.5 Å². The lowest BCUT2D eigenvalue weighted by atomic mass is 10.1. The maximum absolute atomic E-state index is 9.89. The summed E-state index contributed by atoms with van der Waals surface area (Å²) in [5, 5.41) is 9.97. The van der Waals surface area contributed by atoms with Crippen molar-refractivity contribution in [3.63, 3.8) is 0 Å². The van der Waals surface area contributed by atoms with E-state index in [0.717, 1.165) is 6.20 Å². The fraction of sp³-hybridized carbons (Fsp3) is 0.231. The van der Waals surface area contributed by atoms with Gasteiger partial charge in [0.2, 0.25) is 0 Å². The predicted molar refractivity (Wildman–Crippen MR) is 78.7 cm³/mol. The molecular weight excluding hydrogens is 301 g/mol. The topological polar surface area (TPSA) is 81.3 Å². The van der Waals surface area contributed by atoms with Gasteiger partial charge in [0.15, 0.2) is 11.5 Å². The molecular formula is C13H13Cl2N3O2. The molecule has 1 heterocycles. The van der Waals surface area contributed by atoms with Gasteiger partial charge in [-0.05, 0) is 18.1 Å². The number of aromatic nitrogens is 2. The van der Waals surface area contributed by atoms with Crippen LogP contribution in [0, 0.1) is 0 Å². The summed E-state index contributed by atoms with van der Waals surface area (Å²) in [5.74, 6) is -2.79. The van der Waals surface area contributed by atoms with Crippen molar-refractivity contribution >= 4 is 28.9 Å². The molecule has 1 aromatic heterocycles. The molecule has 0 unspecified atom stereocenters. The van der Waals surface area contributed by atoms with Gasteiger partial charge in [-0.15, -0.1) is 0 Å². The van der Waals surface area contributed by atoms with Gasteiger partial charge in [0.05, 0.1) is 21.9 Å². The second-order valence-corrected chi connectivity index (χ2v) is 4.59. The Hall–Kier alpha value is -1.72. The van der Waals surface area contributed by atoms with Crippen LogP contribution >= 0.6 is 23.2 Å². The molecule has 2 rings (SSSR count). The molecule has 106 valence electrons. The van der Waals surface area contributed by atoms with Gasteiger partial charge in [0, 0.05) is 13.9 Å². The second-order valence-electron chi connectivity index (χ2n) is 3.77. The van der Waals surface area contributed by atoms with Crippen molar-refractivity contribution in [1.82, 2.24) is 9.97 Å². The molecule has 7 heteroatoms. The van der Waals surface area contributed by atoms with Gasteiger partial charge in [0.1, 0.15) is 0 Å². The van der Waals surface area contributed by atoms with Crippen LogP contribution in [0.1, 0.15) is 33.5 Å². The molecule has 0 atom stereocenters. The van der Waals surface area contributed by atoms with E-state index < -0.39 is 37.1 Å². The molecule has 0 amide bonds. The Labute approximate surface area is 134 Å². The highest BCUT2D eigenvalue weighted by Gasteiger charge is 2.15. The highest BCUT2D eigenvalue weighted by molar-refractivity contribution is 6.37. The van der Waals surface area contributed by atoms with Gasteiger partial charge in [-0.25, -0.2) is 0 Å². The minimum atomic E-state index is -2.95. The summed E-state index contributed by atoms with van der Waals surface area (Å²) in [4.78, 5) is 7.44. The van der Waals surface area contributed by atoms with Gasteiger partial charge < -0.3 is 15.6 Å². The molecule has 20 heavy (non-hydrogen) atoms. The standard InChI is InChI=1S/C13H13Cl2N3O2/c1-6(2)11-10(19)5-17-13(18-11)20-12-8(14)3-7(16)4-9(12)15/h3-6,19H,16H2,1-2H3/i1D3,2D3. The summed E-state index contributed by atoms with van der Waals surface area (Å²) in [5.41, 5.74) is 5.27. The van der Waals surface area contributed by atoms with Crippen LogP contribution in [0.2, 0.25) is 10.0 Å². The summed E-state index contributed by atoms with van der Waals surface area (Å²) in [7, 11) is 0. The number of nitrogens with zero attached hydrogens (tertiary/aromatic N) is 2. The van der Waals surface area contributed by atoms with Gasteiger partial charge in [0.25, 0.3) is 0 Å². The van der Waals surface area contributed by atoms with Crippen molar-refractivity contribution in [2.45, 2.75) is 19.6 Å². The highest BCUT2D eigenvalue weighted by Crippen LogP contribution is 2.37. The van der Waals surface area contributed by atoms with Crippen LogP contribution < -0.4 is 10.5 Å². The Morgan fingerprint density at radius 2 is 2.00 bits per heavy atom. The molecule has 0 aliphatic heterocycles. The summed E-state index contributed by atoms with van der Waals surface area (Å²) in [6.07, 6.45) is 0.835. The lowest BCUT2D eigenvalue weighted by molar-refractivity contribution is 0.417. The third kappa shape index (κ3) is 3.05. The van der Waals surface area contributed by atoms with E-state index in [1.807, 2.05) is 0 Å². The lowest BCUT2D eigenvalue weighted by Crippen LogP contribution is -1.99. The van der Waals surface area contributed by atoms with Crippen molar-refractivity contribution in [3.8, 4) is 17.5 Å². The van der Waals surface area contributed by atoms with Crippen molar-refractivity contribution in [3.05, 3.63) is 34.1 Å². The zero-order valence-electron chi connectivity index (χ0n) is 15.9. The van der Waals surface area contributed by atoms with Crippen LogP contribution in [0.3, 0.4) is 0 Å². The van der Waals surface area contributed by atoms with Crippen molar-refractivity contribution in [2.24, 2.45) is 0 Å². The third-order valence-corrected chi connectivity index (χ3v) is 2.82. The number of ether oxygens (including phenoxy) is 1. The fourth-order valence-electron chi connectivity index (χ4n) is 1.40. The molecule has 0 aliphatic rings. The molecule has 0 bridgehead atoms. The monoisotopic (exact) mass is 319 g/mol. The van der Waals surface area contributed by atoms with Crippen LogP contribution in [-0.2, 0) is 0 Å². The highest BCUT2D eigenvalue weighted by atomic mass is 35.5. The second kappa shape index (κ2) is 5.73. The molecule has 0 aliphatic carbocycles. The Balaban J connectivity index is 2.51. The Kier molecular flexibility index (Phi) is 2.45. The van der Waals surface area contributed by atoms with Gasteiger partial charge in [-0.1, -0.05) is 36.9 Å². The lowest BCUT2D eigenvalue weighted by Gasteiger charge is -2.11. The van der Waals surface area contributed by atoms with E-state index in [4.69, 9.17) is 41.9 Å². The Morgan fingerprint density at radius 3 is 2.60 bits per heavy atom. The van der Waals surface area contributed by atoms with E-state index in [9.17, 15) is 5.11 Å². The first-order valence-corrected chi connectivity index (χ1v) is 6.04. The zero-order chi connectivity index (χ0) is 19.9. The summed E-state index contributed by atoms with van der Waals surface area (Å²) >= 11 is 12.0. The van der Waals surface area contributed by atoms with E-state index in [1.165, 1.54) is 12.1 Å². The molecule has 0 fully saturated rings. The first kappa shape index (κ1) is 8.54. The Morgan fingerprint density at radius 1 is 1.35 bits per heavy atom. The molecule has 0 radical (unpaired) electrons. The molecule has 5 nitrogen and oxygen atoms in total. The SMILES string of the molecule is [2H]C([2H])([2H])C(c1nc(Oc2c(Cl)cc(N)cc2Cl)ncc1O)C([2H])([2H])[2H]. The number of rotatable bonds is 3. The summed E-state index contributed by atoms with van der Waals surface area (Å²) in [6.45, 7) is -5.91. The predicted octanol–water partition coefficient (Wildman–Crippen LogP) is 3.99. The van der Waals surface area contributed by atoms with E-state index >= 15 is 0 Å². The van der Waals surface area contributed by atoms with Crippen LogP contribution in [0.15, 0.2) is 18.3 Å². The quantitative estimate of drug-likeness (QED) is 0.836. The first-order chi connectivity index (χ1) is 11.8. The molecule has 3 N–H and O–H groups in total. The van der Waals surface area contributed by atoms with Gasteiger partial charge in [-0.2, -0.15) is 9.97 Å². The summed E-state index contributed by atoms with van der Waals surface area (Å²) in [6, 6.07) is 2.28. The fourth-order valence-corrected chi connectivity index (χ4v) is 1.98. The number of nitrogen functional groups attached to an aromatic ring is 1. The first-order valence-electron chi connectivity index (χ1n) is 8.29. The maximum atomic E-state index is 9.89. The maximum Gasteiger partial charge on any atom is 0.322 e. The third-order valence-electron chi connectivity index (χ3n) is 2.26. The largest absolute Gasteiger partial charge is 0.504 e. The average molecular weight is 320 g/mol. The van der Waals surface area contributed by atoms with Crippen molar-refractivity contribution in [2.75, 3.05) is 5.73 Å². The smallest absolute Gasteiger partial charge is 0.322 e. The number of anilines is 1. The summed E-state index contributed by atoms with van der Waals surface area (Å²) < 4.78 is 50.1. The van der Waals surface area contributed by atoms with Crippen LogP contribution in [0.25, 0.3) is 0 Å². The molecule has 0 saturated heterocycles. The van der Waals surface area contributed by atoms with E-state index in [1.54, 1.807) is 0 Å². The van der Waals surface area contributed by atoms with Gasteiger partial charge in [-0.3, -0.25) is 0 Å². The average Bonchev–Trinajstić information content (AvgIpc) is 2.43. The molecule has 0 spiro atoms. The molecule has 2 aromatic rings. The number of halogens is 2. The van der Waals surface area contributed by atoms with Crippen molar-refractivity contribution in [1.29, 1.82) is 0 Å². The minimum Gasteiger partial charge on any atom is -0.504 e. The van der Waals surface area contributed by atoms with E-state index in [2.05, 4.69) is 9.97 Å². The number of hydrogen-bond donors (Lipinski definition) is 2.